The largest absolute Gasteiger partial charge is 0.376 e. The van der Waals surface area contributed by atoms with Crippen LogP contribution < -0.4 is 5.73 Å². The monoisotopic (exact) mass is 256 g/mol. The van der Waals surface area contributed by atoms with Gasteiger partial charge in [0.2, 0.25) is 11.8 Å². The Kier molecular flexibility index (Phi) is 2.88. The maximum absolute atomic E-state index is 11.8. The van der Waals surface area contributed by atoms with E-state index in [4.69, 9.17) is 10.5 Å². The van der Waals surface area contributed by atoms with Crippen molar-refractivity contribution < 1.29 is 14.3 Å². The fourth-order valence-electron chi connectivity index (χ4n) is 3.07. The molecule has 6 heteroatoms. The highest BCUT2D eigenvalue weighted by atomic mass is 32.2. The van der Waals surface area contributed by atoms with Gasteiger partial charge in [-0.3, -0.25) is 14.5 Å². The Hall–Kier alpha value is -0.590. The summed E-state index contributed by atoms with van der Waals surface area (Å²) in [5.41, 5.74) is 6.10. The van der Waals surface area contributed by atoms with E-state index >= 15 is 0 Å². The van der Waals surface area contributed by atoms with Gasteiger partial charge in [0.25, 0.3) is 0 Å². The van der Waals surface area contributed by atoms with Gasteiger partial charge in [0.15, 0.2) is 0 Å². The first-order valence-electron chi connectivity index (χ1n) is 6.00. The van der Waals surface area contributed by atoms with Gasteiger partial charge < -0.3 is 10.5 Å². The molecule has 2 aliphatic heterocycles. The van der Waals surface area contributed by atoms with Gasteiger partial charge in [-0.15, -0.1) is 11.8 Å². The summed E-state index contributed by atoms with van der Waals surface area (Å²) in [6, 6.07) is -0.322. The van der Waals surface area contributed by atoms with Gasteiger partial charge in [0, 0.05) is 18.6 Å². The molecule has 94 valence electrons. The second-order valence-corrected chi connectivity index (χ2v) is 5.85. The Bertz CT molecular complexity index is 347. The second-order valence-electron chi connectivity index (χ2n) is 4.86. The number of imide groups is 1. The smallest absolute Gasteiger partial charge is 0.239 e. The van der Waals surface area contributed by atoms with E-state index in [0.29, 0.717) is 17.4 Å². The standard InChI is InChI=1S/C11H16N2O3S/c12-9-6-2-1-3-16-11(6)10(9)13-7(14)4-17-5-8(13)15/h6,9-11H,1-5,12H2. The van der Waals surface area contributed by atoms with Crippen molar-refractivity contribution in [1.29, 1.82) is 0 Å². The third kappa shape index (κ3) is 1.70. The van der Waals surface area contributed by atoms with Crippen molar-refractivity contribution in [3.63, 3.8) is 0 Å². The molecule has 1 saturated carbocycles. The molecule has 4 atom stereocenters. The minimum atomic E-state index is -0.221. The van der Waals surface area contributed by atoms with Crippen LogP contribution in [-0.4, -0.2) is 53.0 Å². The van der Waals surface area contributed by atoms with Gasteiger partial charge in [0.05, 0.1) is 23.7 Å². The van der Waals surface area contributed by atoms with Crippen molar-refractivity contribution in [2.24, 2.45) is 11.7 Å². The summed E-state index contributed by atoms with van der Waals surface area (Å²) in [5, 5.41) is 0. The van der Waals surface area contributed by atoms with Crippen molar-refractivity contribution in [1.82, 2.24) is 4.90 Å². The van der Waals surface area contributed by atoms with E-state index in [1.807, 2.05) is 0 Å². The Labute approximate surface area is 104 Å². The fraction of sp³-hybridized carbons (Fsp3) is 0.818. The number of hydrogen-bond acceptors (Lipinski definition) is 5. The molecular weight excluding hydrogens is 240 g/mol. The van der Waals surface area contributed by atoms with Crippen molar-refractivity contribution >= 4 is 23.6 Å². The molecule has 0 bridgehead atoms. The Morgan fingerprint density at radius 1 is 1.29 bits per heavy atom. The number of thioether (sulfide) groups is 1. The molecule has 2 amide bonds. The molecule has 0 aromatic heterocycles. The lowest BCUT2D eigenvalue weighted by molar-refractivity contribution is -0.176. The van der Waals surface area contributed by atoms with Crippen LogP contribution in [0.15, 0.2) is 0 Å². The number of ether oxygens (including phenoxy) is 1. The Balaban J connectivity index is 1.79. The molecule has 3 aliphatic rings. The van der Waals surface area contributed by atoms with Crippen LogP contribution in [0.4, 0.5) is 0 Å². The van der Waals surface area contributed by atoms with E-state index in [1.165, 1.54) is 16.7 Å². The van der Waals surface area contributed by atoms with Gasteiger partial charge in [-0.2, -0.15) is 0 Å². The molecule has 0 spiro atoms. The van der Waals surface area contributed by atoms with Crippen molar-refractivity contribution in [3.05, 3.63) is 0 Å². The minimum Gasteiger partial charge on any atom is -0.376 e. The number of carbonyl (C=O) groups is 2. The van der Waals surface area contributed by atoms with Crippen LogP contribution >= 0.6 is 11.8 Å². The molecule has 2 N–H and O–H groups in total. The van der Waals surface area contributed by atoms with E-state index in [9.17, 15) is 9.59 Å². The first kappa shape index (κ1) is 11.5. The minimum absolute atomic E-state index is 0.0188. The summed E-state index contributed by atoms with van der Waals surface area (Å²) in [7, 11) is 0. The third-order valence-corrected chi connectivity index (χ3v) is 4.83. The van der Waals surface area contributed by atoms with Crippen LogP contribution in [0.5, 0.6) is 0 Å². The van der Waals surface area contributed by atoms with Crippen LogP contribution in [0.25, 0.3) is 0 Å². The van der Waals surface area contributed by atoms with E-state index in [-0.39, 0.29) is 30.0 Å². The average molecular weight is 256 g/mol. The lowest BCUT2D eigenvalue weighted by Crippen LogP contribution is -2.74. The summed E-state index contributed by atoms with van der Waals surface area (Å²) in [4.78, 5) is 25.0. The van der Waals surface area contributed by atoms with Crippen molar-refractivity contribution in [2.75, 3.05) is 18.1 Å². The molecule has 2 saturated heterocycles. The van der Waals surface area contributed by atoms with E-state index in [1.54, 1.807) is 0 Å². The van der Waals surface area contributed by atoms with Crippen LogP contribution in [0.3, 0.4) is 0 Å². The number of amides is 2. The molecule has 3 rings (SSSR count). The molecule has 3 fully saturated rings. The summed E-state index contributed by atoms with van der Waals surface area (Å²) in [5.74, 6) is 0.862. The van der Waals surface area contributed by atoms with Gasteiger partial charge in [-0.25, -0.2) is 0 Å². The van der Waals surface area contributed by atoms with Crippen LogP contribution in [0, 0.1) is 5.92 Å². The van der Waals surface area contributed by atoms with Crippen LogP contribution in [0.1, 0.15) is 12.8 Å². The van der Waals surface area contributed by atoms with Crippen LogP contribution in [-0.2, 0) is 14.3 Å². The molecule has 2 heterocycles. The highest BCUT2D eigenvalue weighted by Crippen LogP contribution is 2.40. The first-order valence-corrected chi connectivity index (χ1v) is 7.15. The zero-order valence-corrected chi connectivity index (χ0v) is 10.3. The molecular formula is C11H16N2O3S. The molecule has 4 unspecified atom stereocenters. The van der Waals surface area contributed by atoms with Crippen molar-refractivity contribution in [2.45, 2.75) is 31.0 Å². The lowest BCUT2D eigenvalue weighted by Gasteiger charge is -2.55. The Morgan fingerprint density at radius 3 is 2.71 bits per heavy atom. The number of nitrogens with zero attached hydrogens (tertiary/aromatic N) is 1. The summed E-state index contributed by atoms with van der Waals surface area (Å²) in [6.45, 7) is 0.718. The third-order valence-electron chi connectivity index (χ3n) is 3.93. The topological polar surface area (TPSA) is 72.6 Å². The highest BCUT2D eigenvalue weighted by molar-refractivity contribution is 8.00. The summed E-state index contributed by atoms with van der Waals surface area (Å²) >= 11 is 1.38. The number of fused-ring (bicyclic) bond motifs is 1. The quantitative estimate of drug-likeness (QED) is 0.646. The van der Waals surface area contributed by atoms with Gasteiger partial charge in [-0.05, 0) is 12.8 Å². The molecule has 0 radical (unpaired) electrons. The maximum atomic E-state index is 11.8. The van der Waals surface area contributed by atoms with Gasteiger partial charge in [0.1, 0.15) is 0 Å². The van der Waals surface area contributed by atoms with Crippen LogP contribution in [0.2, 0.25) is 0 Å². The van der Waals surface area contributed by atoms with E-state index in [2.05, 4.69) is 0 Å². The summed E-state index contributed by atoms with van der Waals surface area (Å²) < 4.78 is 5.68. The number of nitrogens with two attached hydrogens (primary N) is 1. The average Bonchev–Trinajstić information content (AvgIpc) is 2.33. The number of rotatable bonds is 1. The summed E-state index contributed by atoms with van der Waals surface area (Å²) in [6.07, 6.45) is 2.06. The predicted molar refractivity (Wildman–Crippen MR) is 63.4 cm³/mol. The zero-order chi connectivity index (χ0) is 12.0. The van der Waals surface area contributed by atoms with Gasteiger partial charge >= 0.3 is 0 Å². The Morgan fingerprint density at radius 2 is 2.00 bits per heavy atom. The molecule has 17 heavy (non-hydrogen) atoms. The van der Waals surface area contributed by atoms with E-state index < -0.39 is 0 Å². The fourth-order valence-corrected chi connectivity index (χ4v) is 3.80. The molecule has 1 aliphatic carbocycles. The van der Waals surface area contributed by atoms with Crippen molar-refractivity contribution in [3.8, 4) is 0 Å². The number of hydrogen-bond donors (Lipinski definition) is 1. The molecule has 5 nitrogen and oxygen atoms in total. The number of carbonyl (C=O) groups excluding carboxylic acids is 2. The predicted octanol–water partition coefficient (Wildman–Crippen LogP) is -0.407. The molecule has 0 aromatic rings. The van der Waals surface area contributed by atoms with E-state index in [0.717, 1.165) is 19.4 Å². The highest BCUT2D eigenvalue weighted by Gasteiger charge is 2.55. The normalized spacial score (nSPS) is 42.1. The zero-order valence-electron chi connectivity index (χ0n) is 9.50. The lowest BCUT2D eigenvalue weighted by atomic mass is 9.68. The second kappa shape index (κ2) is 4.26. The first-order chi connectivity index (χ1) is 8.20. The SMILES string of the molecule is NC1C2CCCOC2C1N1C(=O)CSCC1=O. The van der Waals surface area contributed by atoms with Gasteiger partial charge in [-0.1, -0.05) is 0 Å². The molecule has 0 aromatic carbocycles. The maximum Gasteiger partial charge on any atom is 0.239 e.